The number of aromatic nitrogens is 2. The van der Waals surface area contributed by atoms with Gasteiger partial charge in [-0.1, -0.05) is 72.8 Å². The summed E-state index contributed by atoms with van der Waals surface area (Å²) in [4.78, 5) is 0. The minimum absolute atomic E-state index is 0.608. The molecule has 0 bridgehead atoms. The Morgan fingerprint density at radius 1 is 0.452 bits per heavy atom. The second kappa shape index (κ2) is 9.24. The van der Waals surface area contributed by atoms with Gasteiger partial charge in [0.05, 0.1) is 51.0 Å². The molecule has 4 heteroatoms. The monoisotopic (exact) mass is 534 g/mol. The van der Waals surface area contributed by atoms with Crippen LogP contribution < -0.4 is 0 Å². The lowest BCUT2D eigenvalue weighted by atomic mass is 9.97. The minimum Gasteiger partial charge on any atom is -0.309 e. The van der Waals surface area contributed by atoms with Gasteiger partial charge in [0.1, 0.15) is 0 Å². The third kappa shape index (κ3) is 3.40. The van der Waals surface area contributed by atoms with E-state index in [2.05, 4.69) is 112 Å². The van der Waals surface area contributed by atoms with E-state index < -0.39 is 0 Å². The molecule has 8 aromatic rings. The molecule has 194 valence electrons. The highest BCUT2D eigenvalue weighted by atomic mass is 15.0. The van der Waals surface area contributed by atoms with E-state index in [0.29, 0.717) is 11.1 Å². The Kier molecular flexibility index (Phi) is 5.22. The Balaban J connectivity index is 1.36. The number of hydrogen-bond acceptors (Lipinski definition) is 2. The van der Waals surface area contributed by atoms with E-state index in [-0.39, 0.29) is 0 Å². The summed E-state index contributed by atoms with van der Waals surface area (Å²) in [6.45, 7) is 0. The van der Waals surface area contributed by atoms with Crippen molar-refractivity contribution < 1.29 is 0 Å². The summed E-state index contributed by atoms with van der Waals surface area (Å²) in [6.07, 6.45) is 0. The van der Waals surface area contributed by atoms with Gasteiger partial charge in [0.25, 0.3) is 0 Å². The first kappa shape index (κ1) is 23.8. The van der Waals surface area contributed by atoms with Crippen LogP contribution in [0.4, 0.5) is 0 Å². The van der Waals surface area contributed by atoms with Gasteiger partial charge in [-0.15, -0.1) is 0 Å². The van der Waals surface area contributed by atoms with Gasteiger partial charge in [0.15, 0.2) is 0 Å². The maximum absolute atomic E-state index is 10.2. The average Bonchev–Trinajstić information content (AvgIpc) is 3.57. The van der Waals surface area contributed by atoms with Crippen LogP contribution in [0.25, 0.3) is 66.1 Å². The van der Waals surface area contributed by atoms with E-state index in [1.54, 1.807) is 0 Å². The van der Waals surface area contributed by atoms with E-state index in [0.717, 1.165) is 55.3 Å². The quantitative estimate of drug-likeness (QED) is 0.227. The Morgan fingerprint density at radius 3 is 1.64 bits per heavy atom. The maximum Gasteiger partial charge on any atom is 0.0998 e. The molecular weight excluding hydrogens is 512 g/mol. The second-order valence-corrected chi connectivity index (χ2v) is 10.4. The summed E-state index contributed by atoms with van der Waals surface area (Å²) in [7, 11) is 0. The smallest absolute Gasteiger partial charge is 0.0998 e. The summed E-state index contributed by atoms with van der Waals surface area (Å²) in [5, 5.41) is 24.3. The molecule has 8 rings (SSSR count). The first-order valence-corrected chi connectivity index (χ1v) is 13.8. The van der Waals surface area contributed by atoms with Crippen LogP contribution in [0.5, 0.6) is 0 Å². The highest BCUT2D eigenvalue weighted by Crippen LogP contribution is 2.39. The molecule has 0 radical (unpaired) electrons. The molecule has 0 N–H and O–H groups in total. The van der Waals surface area contributed by atoms with Crippen molar-refractivity contribution in [2.24, 2.45) is 0 Å². The summed E-state index contributed by atoms with van der Waals surface area (Å²) in [5.74, 6) is 0. The van der Waals surface area contributed by atoms with E-state index in [9.17, 15) is 10.5 Å². The van der Waals surface area contributed by atoms with Gasteiger partial charge < -0.3 is 9.13 Å². The number of para-hydroxylation sites is 3. The SMILES string of the molecule is N#Cc1ccc2c(c1)c1ccccc1n2-c1cccc(C#N)c1-c1ccc(-n2c3ccccc3c3ccccc32)cc1. The lowest BCUT2D eigenvalue weighted by molar-refractivity contribution is 1.17. The standard InChI is InChI=1S/C38H22N4/c39-23-25-16-21-36-32(22-25)31-11-3-6-14-35(31)42(36)37-15-7-8-27(24-40)38(37)26-17-19-28(20-18-26)41-33-12-4-1-9-29(33)30-10-2-5-13-34(30)41/h1-22H. The Bertz CT molecular complexity index is 2370. The van der Waals surface area contributed by atoms with Crippen LogP contribution in [0.1, 0.15) is 11.1 Å². The van der Waals surface area contributed by atoms with Gasteiger partial charge in [0, 0.05) is 32.8 Å². The van der Waals surface area contributed by atoms with Crippen molar-refractivity contribution in [3.05, 3.63) is 145 Å². The fourth-order valence-corrected chi connectivity index (χ4v) is 6.40. The highest BCUT2D eigenvalue weighted by molar-refractivity contribution is 6.11. The van der Waals surface area contributed by atoms with Gasteiger partial charge >= 0.3 is 0 Å². The first-order valence-electron chi connectivity index (χ1n) is 13.8. The van der Waals surface area contributed by atoms with Gasteiger partial charge in [-0.25, -0.2) is 0 Å². The van der Waals surface area contributed by atoms with Crippen molar-refractivity contribution in [1.29, 1.82) is 10.5 Å². The van der Waals surface area contributed by atoms with Gasteiger partial charge in [-0.2, -0.15) is 10.5 Å². The van der Waals surface area contributed by atoms with Gasteiger partial charge in [-0.3, -0.25) is 0 Å². The molecule has 2 heterocycles. The van der Waals surface area contributed by atoms with Crippen LogP contribution in [0.2, 0.25) is 0 Å². The van der Waals surface area contributed by atoms with Crippen LogP contribution in [0.15, 0.2) is 133 Å². The predicted octanol–water partition coefficient (Wildman–Crippen LogP) is 9.29. The zero-order valence-corrected chi connectivity index (χ0v) is 22.5. The number of rotatable bonds is 3. The zero-order valence-electron chi connectivity index (χ0n) is 22.5. The van der Waals surface area contributed by atoms with E-state index in [1.165, 1.54) is 10.8 Å². The minimum atomic E-state index is 0.608. The van der Waals surface area contributed by atoms with Crippen LogP contribution in [0.3, 0.4) is 0 Å². The van der Waals surface area contributed by atoms with Crippen LogP contribution >= 0.6 is 0 Å². The number of fused-ring (bicyclic) bond motifs is 6. The van der Waals surface area contributed by atoms with Crippen molar-refractivity contribution in [1.82, 2.24) is 9.13 Å². The molecule has 0 saturated carbocycles. The molecule has 2 aromatic heterocycles. The molecular formula is C38H22N4. The molecule has 0 aliphatic rings. The molecule has 6 aromatic carbocycles. The van der Waals surface area contributed by atoms with Crippen molar-refractivity contribution in [2.75, 3.05) is 0 Å². The first-order chi connectivity index (χ1) is 20.8. The molecule has 0 saturated heterocycles. The summed E-state index contributed by atoms with van der Waals surface area (Å²) < 4.78 is 4.51. The van der Waals surface area contributed by atoms with Gasteiger partial charge in [-0.05, 0) is 66.2 Å². The third-order valence-electron chi connectivity index (χ3n) is 8.20. The summed E-state index contributed by atoms with van der Waals surface area (Å²) in [6, 6.07) is 50.1. The normalized spacial score (nSPS) is 11.3. The molecule has 0 unspecified atom stereocenters. The maximum atomic E-state index is 10.2. The Morgan fingerprint density at radius 2 is 1.02 bits per heavy atom. The molecule has 0 spiro atoms. The van der Waals surface area contributed by atoms with E-state index >= 15 is 0 Å². The van der Waals surface area contributed by atoms with E-state index in [4.69, 9.17) is 0 Å². The zero-order chi connectivity index (χ0) is 28.2. The largest absolute Gasteiger partial charge is 0.309 e. The number of nitriles is 2. The van der Waals surface area contributed by atoms with Crippen molar-refractivity contribution in [2.45, 2.75) is 0 Å². The summed E-state index contributed by atoms with van der Waals surface area (Å²) >= 11 is 0. The molecule has 0 aliphatic carbocycles. The van der Waals surface area contributed by atoms with Crippen LogP contribution in [-0.4, -0.2) is 9.13 Å². The lowest BCUT2D eigenvalue weighted by Crippen LogP contribution is -2.00. The lowest BCUT2D eigenvalue weighted by Gasteiger charge is -2.16. The van der Waals surface area contributed by atoms with Crippen molar-refractivity contribution in [3.8, 4) is 34.6 Å². The number of benzene rings is 6. The van der Waals surface area contributed by atoms with Crippen molar-refractivity contribution in [3.63, 3.8) is 0 Å². The molecule has 0 amide bonds. The second-order valence-electron chi connectivity index (χ2n) is 10.4. The third-order valence-corrected chi connectivity index (χ3v) is 8.20. The van der Waals surface area contributed by atoms with Crippen LogP contribution in [0, 0.1) is 22.7 Å². The fraction of sp³-hybridized carbons (Fsp3) is 0. The molecule has 42 heavy (non-hydrogen) atoms. The predicted molar refractivity (Wildman–Crippen MR) is 170 cm³/mol. The molecule has 0 fully saturated rings. The van der Waals surface area contributed by atoms with E-state index in [1.807, 2.05) is 42.5 Å². The molecule has 0 aliphatic heterocycles. The fourth-order valence-electron chi connectivity index (χ4n) is 6.40. The number of hydrogen-bond donors (Lipinski definition) is 0. The Hall–Kier alpha value is -6.10. The van der Waals surface area contributed by atoms with Gasteiger partial charge in [0.2, 0.25) is 0 Å². The van der Waals surface area contributed by atoms with Crippen molar-refractivity contribution >= 4 is 43.6 Å². The number of nitrogens with zero attached hydrogens (tertiary/aromatic N) is 4. The topological polar surface area (TPSA) is 57.4 Å². The highest BCUT2D eigenvalue weighted by Gasteiger charge is 2.19. The molecule has 0 atom stereocenters. The Labute approximate surface area is 242 Å². The summed E-state index contributed by atoms with van der Waals surface area (Å²) in [5.41, 5.74) is 9.40. The molecule has 4 nitrogen and oxygen atoms in total. The average molecular weight is 535 g/mol. The van der Waals surface area contributed by atoms with Crippen LogP contribution in [-0.2, 0) is 0 Å².